The van der Waals surface area contributed by atoms with Gasteiger partial charge in [-0.05, 0) is 62.9 Å². The largest absolute Gasteiger partial charge is 0.495 e. The third-order valence-electron chi connectivity index (χ3n) is 6.56. The number of nitrogens with zero attached hydrogens (tertiary/aromatic N) is 3. The lowest BCUT2D eigenvalue weighted by molar-refractivity contribution is 0.402. The van der Waals surface area contributed by atoms with Crippen molar-refractivity contribution < 1.29 is 21.9 Å². The number of methoxy groups -OCH3 is 1. The third kappa shape index (κ3) is 4.44. The summed E-state index contributed by atoms with van der Waals surface area (Å²) in [5.41, 5.74) is 5.39. The maximum atomic E-state index is 14.3. The van der Waals surface area contributed by atoms with Crippen molar-refractivity contribution in [3.8, 4) is 28.0 Å². The average molecular weight is 538 g/mol. The predicted octanol–water partition coefficient (Wildman–Crippen LogP) is 4.95. The molecule has 5 rings (SSSR count). The number of nitrogens with one attached hydrogen (secondary N) is 2. The molecule has 2 N–H and O–H groups in total. The number of aromatic nitrogens is 4. The Balaban J connectivity index is 1.59. The molecule has 38 heavy (non-hydrogen) atoms. The van der Waals surface area contributed by atoms with Crippen LogP contribution in [0.5, 0.6) is 5.75 Å². The van der Waals surface area contributed by atoms with E-state index in [0.717, 1.165) is 40.0 Å². The monoisotopic (exact) mass is 537 g/mol. The highest BCUT2D eigenvalue weighted by Gasteiger charge is 2.21. The molecule has 2 aromatic carbocycles. The topological polar surface area (TPSA) is 102 Å². The quantitative estimate of drug-likeness (QED) is 0.306. The second-order valence-electron chi connectivity index (χ2n) is 8.83. The van der Waals surface area contributed by atoms with Crippen molar-refractivity contribution in [2.45, 2.75) is 25.3 Å². The molecule has 5 aromatic rings. The van der Waals surface area contributed by atoms with Gasteiger partial charge in [-0.25, -0.2) is 26.9 Å². The highest BCUT2D eigenvalue weighted by molar-refractivity contribution is 7.89. The lowest BCUT2D eigenvalue weighted by atomic mass is 10.0. The molecule has 196 valence electrons. The molecule has 0 aliphatic rings. The van der Waals surface area contributed by atoms with Crippen LogP contribution >= 0.6 is 0 Å². The smallest absolute Gasteiger partial charge is 0.244 e. The number of fused-ring (bicyclic) bond motifs is 1. The van der Waals surface area contributed by atoms with Gasteiger partial charge in [-0.3, -0.25) is 4.68 Å². The molecule has 0 aliphatic heterocycles. The van der Waals surface area contributed by atoms with E-state index in [-0.39, 0.29) is 22.8 Å². The number of benzene rings is 2. The molecule has 0 saturated carbocycles. The van der Waals surface area contributed by atoms with Crippen molar-refractivity contribution in [2.75, 3.05) is 14.2 Å². The third-order valence-corrected chi connectivity index (χ3v) is 8.00. The molecular formula is C27H25F2N5O3S. The van der Waals surface area contributed by atoms with Gasteiger partial charge in [0.2, 0.25) is 10.0 Å². The molecule has 3 aromatic heterocycles. The first-order chi connectivity index (χ1) is 18.1. The van der Waals surface area contributed by atoms with E-state index in [0.29, 0.717) is 16.8 Å². The van der Waals surface area contributed by atoms with Crippen LogP contribution < -0.4 is 9.46 Å². The number of halogens is 2. The molecule has 0 aliphatic carbocycles. The summed E-state index contributed by atoms with van der Waals surface area (Å²) in [6.45, 7) is 3.81. The molecule has 0 spiro atoms. The van der Waals surface area contributed by atoms with Crippen molar-refractivity contribution in [1.29, 1.82) is 0 Å². The lowest BCUT2D eigenvalue weighted by Gasteiger charge is -2.11. The molecule has 0 amide bonds. The van der Waals surface area contributed by atoms with Gasteiger partial charge in [-0.15, -0.1) is 0 Å². The number of pyridine rings is 1. The van der Waals surface area contributed by atoms with E-state index in [1.54, 1.807) is 29.1 Å². The van der Waals surface area contributed by atoms with Crippen LogP contribution in [-0.4, -0.2) is 42.3 Å². The number of aromatic amines is 1. The standard InChI is InChI=1S/C27H25F2N5O3S/c1-15-26(16(2)34(33-15)14-19-9-20(28)6-7-23(19)29)22-13-32-27-21(22)10-18(12-31-27)17-5-8-24(37-4)25(11-17)38(35,36)30-3/h5-13,30H,14H2,1-4H3,(H,31,32). The number of aryl methyl sites for hydroxylation is 1. The Morgan fingerprint density at radius 3 is 2.61 bits per heavy atom. The fourth-order valence-corrected chi connectivity index (χ4v) is 5.53. The number of hydrogen-bond acceptors (Lipinski definition) is 5. The van der Waals surface area contributed by atoms with Gasteiger partial charge in [0.05, 0.1) is 19.3 Å². The van der Waals surface area contributed by atoms with Crippen molar-refractivity contribution >= 4 is 21.1 Å². The summed E-state index contributed by atoms with van der Waals surface area (Å²) >= 11 is 0. The second-order valence-corrected chi connectivity index (χ2v) is 10.7. The van der Waals surface area contributed by atoms with Gasteiger partial charge in [0.25, 0.3) is 0 Å². The summed E-state index contributed by atoms with van der Waals surface area (Å²) in [4.78, 5) is 7.74. The first-order valence-corrected chi connectivity index (χ1v) is 13.2. The first kappa shape index (κ1) is 25.6. The summed E-state index contributed by atoms with van der Waals surface area (Å²) in [6.07, 6.45) is 3.49. The van der Waals surface area contributed by atoms with Crippen LogP contribution in [0.4, 0.5) is 8.78 Å². The van der Waals surface area contributed by atoms with E-state index < -0.39 is 21.7 Å². The van der Waals surface area contributed by atoms with E-state index in [1.165, 1.54) is 20.2 Å². The van der Waals surface area contributed by atoms with Gasteiger partial charge in [-0.2, -0.15) is 5.10 Å². The second kappa shape index (κ2) is 9.66. The predicted molar refractivity (Wildman–Crippen MR) is 140 cm³/mol. The SMILES string of the molecule is CNS(=O)(=O)c1cc(-c2cnc3[nH]cc(-c4c(C)nn(Cc5cc(F)ccc5F)c4C)c3c2)ccc1OC. The summed E-state index contributed by atoms with van der Waals surface area (Å²) in [5.74, 6) is -0.781. The van der Waals surface area contributed by atoms with Gasteiger partial charge in [-0.1, -0.05) is 6.07 Å². The molecule has 0 bridgehead atoms. The fourth-order valence-electron chi connectivity index (χ4n) is 4.61. The van der Waals surface area contributed by atoms with Gasteiger partial charge in [0.15, 0.2) is 0 Å². The summed E-state index contributed by atoms with van der Waals surface area (Å²) in [6, 6.07) is 10.2. The summed E-state index contributed by atoms with van der Waals surface area (Å²) in [5, 5.41) is 5.40. The van der Waals surface area contributed by atoms with Crippen LogP contribution in [0.15, 0.2) is 59.8 Å². The van der Waals surface area contributed by atoms with Crippen molar-refractivity contribution in [1.82, 2.24) is 24.5 Å². The Morgan fingerprint density at radius 1 is 1.08 bits per heavy atom. The molecule has 0 atom stereocenters. The van der Waals surface area contributed by atoms with Crippen LogP contribution in [-0.2, 0) is 16.6 Å². The van der Waals surface area contributed by atoms with Crippen molar-refractivity contribution in [3.63, 3.8) is 0 Å². The molecule has 8 nitrogen and oxygen atoms in total. The Kier molecular flexibility index (Phi) is 6.49. The maximum Gasteiger partial charge on any atom is 0.244 e. The molecular weight excluding hydrogens is 512 g/mol. The summed E-state index contributed by atoms with van der Waals surface area (Å²) < 4.78 is 62.3. The number of ether oxygens (including phenoxy) is 1. The van der Waals surface area contributed by atoms with Crippen LogP contribution in [0.25, 0.3) is 33.3 Å². The Bertz CT molecular complexity index is 1790. The number of H-pyrrole nitrogens is 1. The Morgan fingerprint density at radius 2 is 1.87 bits per heavy atom. The van der Waals surface area contributed by atoms with Gasteiger partial charge in [0, 0.05) is 45.7 Å². The summed E-state index contributed by atoms with van der Waals surface area (Å²) in [7, 11) is -1.00. The van der Waals surface area contributed by atoms with Crippen LogP contribution in [0.2, 0.25) is 0 Å². The minimum atomic E-state index is -3.76. The first-order valence-electron chi connectivity index (χ1n) is 11.7. The van der Waals surface area contributed by atoms with Crippen molar-refractivity contribution in [2.24, 2.45) is 0 Å². The number of hydrogen-bond donors (Lipinski definition) is 2. The highest BCUT2D eigenvalue weighted by atomic mass is 32.2. The van der Waals surface area contributed by atoms with E-state index >= 15 is 0 Å². The van der Waals surface area contributed by atoms with Gasteiger partial charge < -0.3 is 9.72 Å². The van der Waals surface area contributed by atoms with Crippen LogP contribution in [0.1, 0.15) is 17.0 Å². The van der Waals surface area contributed by atoms with Crippen LogP contribution in [0, 0.1) is 25.5 Å². The van der Waals surface area contributed by atoms with Crippen molar-refractivity contribution in [3.05, 3.63) is 83.4 Å². The Labute approximate surface area is 218 Å². The zero-order valence-electron chi connectivity index (χ0n) is 21.1. The average Bonchev–Trinajstić information content (AvgIpc) is 3.44. The van der Waals surface area contributed by atoms with Gasteiger partial charge >= 0.3 is 0 Å². The maximum absolute atomic E-state index is 14.3. The highest BCUT2D eigenvalue weighted by Crippen LogP contribution is 2.36. The molecule has 0 unspecified atom stereocenters. The molecule has 0 fully saturated rings. The zero-order valence-corrected chi connectivity index (χ0v) is 22.0. The fraction of sp³-hybridized carbons (Fsp3) is 0.185. The number of rotatable bonds is 7. The molecule has 0 radical (unpaired) electrons. The Hall–Kier alpha value is -4.09. The normalized spacial score (nSPS) is 11.8. The molecule has 11 heteroatoms. The minimum Gasteiger partial charge on any atom is -0.495 e. The number of sulfonamides is 1. The van der Waals surface area contributed by atoms with Crippen LogP contribution in [0.3, 0.4) is 0 Å². The van der Waals surface area contributed by atoms with E-state index in [9.17, 15) is 17.2 Å². The van der Waals surface area contributed by atoms with E-state index in [4.69, 9.17) is 4.74 Å². The van der Waals surface area contributed by atoms with E-state index in [2.05, 4.69) is 19.8 Å². The minimum absolute atomic E-state index is 0.0203. The lowest BCUT2D eigenvalue weighted by Crippen LogP contribution is -2.19. The van der Waals surface area contributed by atoms with Gasteiger partial charge in [0.1, 0.15) is 27.9 Å². The van der Waals surface area contributed by atoms with E-state index in [1.807, 2.05) is 26.1 Å². The zero-order chi connectivity index (χ0) is 27.2. The molecule has 0 saturated heterocycles. The molecule has 3 heterocycles.